The van der Waals surface area contributed by atoms with Gasteiger partial charge in [-0.1, -0.05) is 18.2 Å². The maximum Gasteiger partial charge on any atom is 0.234 e. The van der Waals surface area contributed by atoms with Crippen LogP contribution in [0, 0.1) is 6.92 Å². The fourth-order valence-electron chi connectivity index (χ4n) is 2.47. The largest absolute Gasteiger partial charge is 0.507 e. The Morgan fingerprint density at radius 1 is 1.37 bits per heavy atom. The third-order valence-electron chi connectivity index (χ3n) is 3.62. The molecule has 3 N–H and O–H groups in total. The topological polar surface area (TPSA) is 69.6 Å². The lowest BCUT2D eigenvalue weighted by atomic mass is 9.83. The van der Waals surface area contributed by atoms with E-state index in [9.17, 15) is 9.90 Å². The standard InChI is InChI=1S/C15H19NO3/c1-9-8-10(6-4-5-7-17)13(18)11-12(9)16-14(19)15(11,2)3/h4-5,8,17-18H,6-7H2,1-3H3,(H,16,19). The molecule has 1 heterocycles. The van der Waals surface area contributed by atoms with Gasteiger partial charge in [-0.2, -0.15) is 0 Å². The van der Waals surface area contributed by atoms with Crippen LogP contribution in [0.3, 0.4) is 0 Å². The number of carbonyl (C=O) groups is 1. The first-order valence-corrected chi connectivity index (χ1v) is 6.32. The molecule has 0 atom stereocenters. The van der Waals surface area contributed by atoms with Gasteiger partial charge in [-0.25, -0.2) is 0 Å². The van der Waals surface area contributed by atoms with Gasteiger partial charge in [0.25, 0.3) is 0 Å². The molecule has 102 valence electrons. The van der Waals surface area contributed by atoms with Crippen LogP contribution in [0.25, 0.3) is 0 Å². The number of allylic oxidation sites excluding steroid dienone is 1. The average molecular weight is 261 g/mol. The Labute approximate surface area is 112 Å². The summed E-state index contributed by atoms with van der Waals surface area (Å²) in [6, 6.07) is 1.87. The first-order chi connectivity index (χ1) is 8.89. The quantitative estimate of drug-likeness (QED) is 0.729. The lowest BCUT2D eigenvalue weighted by Gasteiger charge is -2.18. The zero-order valence-electron chi connectivity index (χ0n) is 11.4. The minimum absolute atomic E-state index is 0.0176. The Hall–Kier alpha value is -1.81. The molecule has 0 saturated carbocycles. The third kappa shape index (κ3) is 2.12. The predicted molar refractivity (Wildman–Crippen MR) is 74.4 cm³/mol. The highest BCUT2D eigenvalue weighted by Crippen LogP contribution is 2.46. The number of rotatable bonds is 3. The average Bonchev–Trinajstić information content (AvgIpc) is 2.58. The molecule has 1 aromatic carbocycles. The third-order valence-corrected chi connectivity index (χ3v) is 3.62. The van der Waals surface area contributed by atoms with Crippen LogP contribution in [0.5, 0.6) is 5.75 Å². The number of benzene rings is 1. The van der Waals surface area contributed by atoms with Crippen LogP contribution in [-0.2, 0) is 16.6 Å². The molecule has 0 fully saturated rings. The molecule has 1 aliphatic heterocycles. The van der Waals surface area contributed by atoms with Crippen LogP contribution in [0.2, 0.25) is 0 Å². The van der Waals surface area contributed by atoms with Crippen LogP contribution in [0.1, 0.15) is 30.5 Å². The molecule has 0 spiro atoms. The summed E-state index contributed by atoms with van der Waals surface area (Å²) in [6.45, 7) is 5.51. The fraction of sp³-hybridized carbons (Fsp3) is 0.400. The summed E-state index contributed by atoms with van der Waals surface area (Å²) in [4.78, 5) is 12.0. The second-order valence-corrected chi connectivity index (χ2v) is 5.39. The van der Waals surface area contributed by atoms with Gasteiger partial charge in [-0.15, -0.1) is 0 Å². The molecule has 1 aliphatic rings. The molecule has 0 aromatic heterocycles. The minimum atomic E-state index is -0.721. The summed E-state index contributed by atoms with van der Waals surface area (Å²) in [5, 5.41) is 22.0. The molecule has 1 amide bonds. The zero-order chi connectivity index (χ0) is 14.2. The number of anilines is 1. The van der Waals surface area contributed by atoms with Gasteiger partial charge in [-0.3, -0.25) is 4.79 Å². The molecule has 19 heavy (non-hydrogen) atoms. The normalized spacial score (nSPS) is 16.7. The number of aromatic hydroxyl groups is 1. The monoisotopic (exact) mass is 261 g/mol. The Kier molecular flexibility index (Phi) is 3.37. The molecule has 2 rings (SSSR count). The SMILES string of the molecule is Cc1cc(CC=CCO)c(O)c2c1NC(=O)C2(C)C. The van der Waals surface area contributed by atoms with Crippen LogP contribution in [0.15, 0.2) is 18.2 Å². The van der Waals surface area contributed by atoms with Crippen molar-refractivity contribution in [2.24, 2.45) is 0 Å². The van der Waals surface area contributed by atoms with E-state index < -0.39 is 5.41 Å². The van der Waals surface area contributed by atoms with E-state index in [0.29, 0.717) is 12.0 Å². The number of aliphatic hydroxyl groups excluding tert-OH is 1. The fourth-order valence-corrected chi connectivity index (χ4v) is 2.47. The Morgan fingerprint density at radius 2 is 2.05 bits per heavy atom. The van der Waals surface area contributed by atoms with Gasteiger partial charge in [0, 0.05) is 5.56 Å². The lowest BCUT2D eigenvalue weighted by molar-refractivity contribution is -0.119. The maximum absolute atomic E-state index is 12.0. The number of hydrogen-bond donors (Lipinski definition) is 3. The summed E-state index contributed by atoms with van der Waals surface area (Å²) < 4.78 is 0. The van der Waals surface area contributed by atoms with Gasteiger partial charge in [0.05, 0.1) is 17.7 Å². The van der Waals surface area contributed by atoms with Crippen LogP contribution in [0.4, 0.5) is 5.69 Å². The molecule has 0 bridgehead atoms. The highest BCUT2D eigenvalue weighted by atomic mass is 16.3. The van der Waals surface area contributed by atoms with Gasteiger partial charge < -0.3 is 15.5 Å². The minimum Gasteiger partial charge on any atom is -0.507 e. The second-order valence-electron chi connectivity index (χ2n) is 5.39. The molecule has 1 aromatic rings. The molecule has 4 heteroatoms. The number of hydrogen-bond acceptors (Lipinski definition) is 3. The summed E-state index contributed by atoms with van der Waals surface area (Å²) >= 11 is 0. The summed E-state index contributed by atoms with van der Waals surface area (Å²) in [6.07, 6.45) is 3.97. The molecule has 4 nitrogen and oxygen atoms in total. The van der Waals surface area contributed by atoms with Crippen molar-refractivity contribution in [3.05, 3.63) is 34.9 Å². The van der Waals surface area contributed by atoms with Crippen molar-refractivity contribution in [1.29, 1.82) is 0 Å². The second kappa shape index (κ2) is 4.70. The van der Waals surface area contributed by atoms with E-state index in [1.807, 2.05) is 13.0 Å². The van der Waals surface area contributed by atoms with Crippen LogP contribution < -0.4 is 5.32 Å². The van der Waals surface area contributed by atoms with E-state index in [4.69, 9.17) is 5.11 Å². The van der Waals surface area contributed by atoms with E-state index >= 15 is 0 Å². The van der Waals surface area contributed by atoms with Crippen molar-refractivity contribution in [1.82, 2.24) is 0 Å². The first kappa shape index (κ1) is 13.6. The van der Waals surface area contributed by atoms with E-state index in [1.54, 1.807) is 26.0 Å². The molecule has 0 radical (unpaired) electrons. The van der Waals surface area contributed by atoms with Gasteiger partial charge in [0.1, 0.15) is 5.75 Å². The number of phenols is 1. The van der Waals surface area contributed by atoms with E-state index in [-0.39, 0.29) is 18.3 Å². The van der Waals surface area contributed by atoms with E-state index in [0.717, 1.165) is 16.8 Å². The van der Waals surface area contributed by atoms with Crippen molar-refractivity contribution >= 4 is 11.6 Å². The smallest absolute Gasteiger partial charge is 0.234 e. The number of amides is 1. The van der Waals surface area contributed by atoms with Crippen molar-refractivity contribution in [2.45, 2.75) is 32.6 Å². The van der Waals surface area contributed by atoms with Crippen LogP contribution >= 0.6 is 0 Å². The van der Waals surface area contributed by atoms with Crippen molar-refractivity contribution in [2.75, 3.05) is 11.9 Å². The Bertz CT molecular complexity index is 559. The van der Waals surface area contributed by atoms with Gasteiger partial charge in [0.2, 0.25) is 5.91 Å². The number of nitrogens with one attached hydrogen (secondary N) is 1. The molecule has 0 unspecified atom stereocenters. The number of fused-ring (bicyclic) bond motifs is 1. The number of aliphatic hydroxyl groups is 1. The van der Waals surface area contributed by atoms with Gasteiger partial charge >= 0.3 is 0 Å². The number of phenolic OH excluding ortho intramolecular Hbond substituents is 1. The highest BCUT2D eigenvalue weighted by molar-refractivity contribution is 6.07. The van der Waals surface area contributed by atoms with Crippen molar-refractivity contribution in [3.63, 3.8) is 0 Å². The highest BCUT2D eigenvalue weighted by Gasteiger charge is 2.42. The Morgan fingerprint density at radius 3 is 2.68 bits per heavy atom. The summed E-state index contributed by atoms with van der Waals surface area (Å²) in [5.74, 6) is 0.0792. The predicted octanol–water partition coefficient (Wildman–Crippen LogP) is 2.02. The van der Waals surface area contributed by atoms with Gasteiger partial charge in [-0.05, 0) is 38.3 Å². The molecular formula is C15H19NO3. The van der Waals surface area contributed by atoms with E-state index in [2.05, 4.69) is 5.32 Å². The zero-order valence-corrected chi connectivity index (χ0v) is 11.4. The maximum atomic E-state index is 12.0. The lowest BCUT2D eigenvalue weighted by Crippen LogP contribution is -2.27. The Balaban J connectivity index is 2.53. The van der Waals surface area contributed by atoms with E-state index in [1.165, 1.54) is 0 Å². The first-order valence-electron chi connectivity index (χ1n) is 6.32. The van der Waals surface area contributed by atoms with Crippen molar-refractivity contribution < 1.29 is 15.0 Å². The summed E-state index contributed by atoms with van der Waals surface area (Å²) in [5.41, 5.74) is 2.39. The molecular weight excluding hydrogens is 242 g/mol. The summed E-state index contributed by atoms with van der Waals surface area (Å²) in [7, 11) is 0. The molecule has 0 saturated heterocycles. The number of aryl methyl sites for hydroxylation is 1. The molecule has 0 aliphatic carbocycles. The van der Waals surface area contributed by atoms with Gasteiger partial charge in [0.15, 0.2) is 0 Å². The van der Waals surface area contributed by atoms with Crippen LogP contribution in [-0.4, -0.2) is 22.7 Å². The number of carbonyl (C=O) groups excluding carboxylic acids is 1. The van der Waals surface area contributed by atoms with Crippen molar-refractivity contribution in [3.8, 4) is 5.75 Å².